The summed E-state index contributed by atoms with van der Waals surface area (Å²) in [5, 5.41) is 12.4. The molecule has 88 valence electrons. The summed E-state index contributed by atoms with van der Waals surface area (Å²) in [6.07, 6.45) is -0.574. The molecule has 1 heterocycles. The van der Waals surface area contributed by atoms with Gasteiger partial charge < -0.3 is 5.73 Å². The fourth-order valence-electron chi connectivity index (χ4n) is 2.02. The van der Waals surface area contributed by atoms with Crippen molar-refractivity contribution in [3.05, 3.63) is 41.5 Å². The van der Waals surface area contributed by atoms with Gasteiger partial charge in [-0.2, -0.15) is 5.26 Å². The molecule has 1 atom stereocenters. The van der Waals surface area contributed by atoms with E-state index in [0.29, 0.717) is 12.1 Å². The monoisotopic (exact) mass is 229 g/mol. The third-order valence-electron chi connectivity index (χ3n) is 2.84. The molecule has 1 aromatic carbocycles. The molecular weight excluding hydrogens is 214 g/mol. The van der Waals surface area contributed by atoms with Crippen LogP contribution in [-0.4, -0.2) is 22.8 Å². The van der Waals surface area contributed by atoms with Crippen LogP contribution in [0.3, 0.4) is 0 Å². The molecule has 1 aliphatic rings. The highest BCUT2D eigenvalue weighted by atomic mass is 15.8. The molecule has 0 saturated carbocycles. The summed E-state index contributed by atoms with van der Waals surface area (Å²) in [6.45, 7) is 2.63. The van der Waals surface area contributed by atoms with Crippen molar-refractivity contribution in [1.82, 2.24) is 10.1 Å². The smallest absolute Gasteiger partial charge is 0.129 e. The van der Waals surface area contributed by atoms with Crippen molar-refractivity contribution < 1.29 is 0 Å². The van der Waals surface area contributed by atoms with Gasteiger partial charge in [0.15, 0.2) is 0 Å². The summed E-state index contributed by atoms with van der Waals surface area (Å²) >= 11 is 0. The van der Waals surface area contributed by atoms with Gasteiger partial charge in [0.05, 0.1) is 11.3 Å². The molecule has 0 aliphatic carbocycles. The topological polar surface area (TPSA) is 82.3 Å². The Morgan fingerprint density at radius 2 is 2.00 bits per heavy atom. The predicted molar refractivity (Wildman–Crippen MR) is 65.4 cm³/mol. The molecule has 5 nitrogen and oxygen atoms in total. The lowest BCUT2D eigenvalue weighted by atomic mass is 10.1. The lowest BCUT2D eigenvalue weighted by Crippen LogP contribution is -2.51. The van der Waals surface area contributed by atoms with Crippen molar-refractivity contribution in [2.45, 2.75) is 13.1 Å². The van der Waals surface area contributed by atoms with Crippen LogP contribution in [-0.2, 0) is 0 Å². The summed E-state index contributed by atoms with van der Waals surface area (Å²) in [5.41, 5.74) is 8.16. The van der Waals surface area contributed by atoms with Gasteiger partial charge in [-0.3, -0.25) is 5.01 Å². The van der Waals surface area contributed by atoms with Crippen molar-refractivity contribution in [2.75, 3.05) is 6.54 Å². The van der Waals surface area contributed by atoms with E-state index in [9.17, 15) is 5.26 Å². The standard InChI is InChI=1S/C12H15N5/c1-2-16-11(9-6-4-3-5-7-9)10(8-13)12(14)17(16)15/h3-7,12H,2,14-15H2,1H3. The van der Waals surface area contributed by atoms with E-state index in [-0.39, 0.29) is 0 Å². The van der Waals surface area contributed by atoms with Gasteiger partial charge in [0.1, 0.15) is 12.2 Å². The second kappa shape index (κ2) is 4.55. The highest BCUT2D eigenvalue weighted by Crippen LogP contribution is 2.31. The van der Waals surface area contributed by atoms with Gasteiger partial charge >= 0.3 is 0 Å². The Kier molecular flexibility index (Phi) is 3.11. The van der Waals surface area contributed by atoms with Gasteiger partial charge in [-0.1, -0.05) is 30.3 Å². The fraction of sp³-hybridized carbons (Fsp3) is 0.250. The highest BCUT2D eigenvalue weighted by Gasteiger charge is 2.34. The quantitative estimate of drug-likeness (QED) is 0.727. The minimum absolute atomic E-state index is 0.501. The molecule has 0 fully saturated rings. The number of benzene rings is 1. The van der Waals surface area contributed by atoms with E-state index in [1.807, 2.05) is 42.3 Å². The Hall–Kier alpha value is -1.87. The Bertz CT molecular complexity index is 473. The minimum atomic E-state index is -0.574. The van der Waals surface area contributed by atoms with Crippen molar-refractivity contribution in [3.8, 4) is 6.07 Å². The zero-order valence-electron chi connectivity index (χ0n) is 9.67. The molecule has 0 amide bonds. The number of rotatable bonds is 2. The Labute approximate surface area is 100 Å². The Morgan fingerprint density at radius 3 is 2.53 bits per heavy atom. The maximum Gasteiger partial charge on any atom is 0.129 e. The molecule has 1 unspecified atom stereocenters. The van der Waals surface area contributed by atoms with E-state index >= 15 is 0 Å². The summed E-state index contributed by atoms with van der Waals surface area (Å²) in [7, 11) is 0. The molecule has 0 radical (unpaired) electrons. The zero-order valence-corrected chi connectivity index (χ0v) is 9.67. The summed E-state index contributed by atoms with van der Waals surface area (Å²) in [5.74, 6) is 5.87. The third-order valence-corrected chi connectivity index (χ3v) is 2.84. The first-order valence-corrected chi connectivity index (χ1v) is 5.47. The van der Waals surface area contributed by atoms with Crippen LogP contribution in [0.25, 0.3) is 5.70 Å². The van der Waals surface area contributed by atoms with Crippen molar-refractivity contribution in [2.24, 2.45) is 11.6 Å². The summed E-state index contributed by atoms with van der Waals surface area (Å²) in [6, 6.07) is 11.8. The molecule has 2 rings (SSSR count). The van der Waals surface area contributed by atoms with Gasteiger partial charge in [-0.05, 0) is 6.92 Å². The van der Waals surface area contributed by atoms with E-state index < -0.39 is 6.17 Å². The molecule has 0 saturated heterocycles. The van der Waals surface area contributed by atoms with Gasteiger partial charge in [-0.15, -0.1) is 5.12 Å². The fourth-order valence-corrected chi connectivity index (χ4v) is 2.02. The van der Waals surface area contributed by atoms with Crippen LogP contribution in [0.2, 0.25) is 0 Å². The first-order chi connectivity index (χ1) is 8.20. The van der Waals surface area contributed by atoms with E-state index in [2.05, 4.69) is 6.07 Å². The first kappa shape index (κ1) is 11.6. The molecule has 1 aliphatic heterocycles. The zero-order chi connectivity index (χ0) is 12.4. The molecule has 1 aromatic rings. The number of hydrogen-bond acceptors (Lipinski definition) is 5. The Balaban J connectivity index is 2.55. The largest absolute Gasteiger partial charge is 0.309 e. The molecule has 17 heavy (non-hydrogen) atoms. The number of nitrogens with zero attached hydrogens (tertiary/aromatic N) is 3. The average molecular weight is 229 g/mol. The lowest BCUT2D eigenvalue weighted by molar-refractivity contribution is 0.0297. The summed E-state index contributed by atoms with van der Waals surface area (Å²) in [4.78, 5) is 0. The number of hydrazine groups is 2. The van der Waals surface area contributed by atoms with Gasteiger partial charge in [0.2, 0.25) is 0 Å². The van der Waals surface area contributed by atoms with Crippen LogP contribution >= 0.6 is 0 Å². The van der Waals surface area contributed by atoms with Gasteiger partial charge in [0, 0.05) is 12.1 Å². The first-order valence-electron chi connectivity index (χ1n) is 5.47. The van der Waals surface area contributed by atoms with Gasteiger partial charge in [-0.25, -0.2) is 5.84 Å². The van der Waals surface area contributed by atoms with E-state index in [1.54, 1.807) is 0 Å². The molecule has 5 heteroatoms. The molecule has 0 bridgehead atoms. The van der Waals surface area contributed by atoms with Crippen LogP contribution in [0.4, 0.5) is 0 Å². The van der Waals surface area contributed by atoms with Crippen LogP contribution in [0, 0.1) is 11.3 Å². The second-order valence-electron chi connectivity index (χ2n) is 3.78. The van der Waals surface area contributed by atoms with E-state index in [0.717, 1.165) is 11.3 Å². The van der Waals surface area contributed by atoms with Crippen molar-refractivity contribution in [3.63, 3.8) is 0 Å². The van der Waals surface area contributed by atoms with Crippen LogP contribution in [0.5, 0.6) is 0 Å². The summed E-state index contributed by atoms with van der Waals surface area (Å²) < 4.78 is 0. The maximum absolute atomic E-state index is 9.20. The molecule has 0 aromatic heterocycles. The van der Waals surface area contributed by atoms with Crippen LogP contribution in [0.15, 0.2) is 35.9 Å². The third kappa shape index (κ3) is 1.78. The van der Waals surface area contributed by atoms with E-state index in [1.165, 1.54) is 5.12 Å². The normalized spacial score (nSPS) is 20.8. The number of nitrogens with two attached hydrogens (primary N) is 2. The van der Waals surface area contributed by atoms with Crippen LogP contribution in [0.1, 0.15) is 12.5 Å². The maximum atomic E-state index is 9.20. The predicted octanol–water partition coefficient (Wildman–Crippen LogP) is 0.632. The average Bonchev–Trinajstić information content (AvgIpc) is 2.62. The molecule has 0 spiro atoms. The van der Waals surface area contributed by atoms with Crippen molar-refractivity contribution in [1.29, 1.82) is 5.26 Å². The van der Waals surface area contributed by atoms with E-state index in [4.69, 9.17) is 11.6 Å². The molecule has 4 N–H and O–H groups in total. The molecular formula is C12H15N5. The Morgan fingerprint density at radius 1 is 1.35 bits per heavy atom. The number of nitriles is 1. The lowest BCUT2D eigenvalue weighted by Gasteiger charge is -2.29. The van der Waals surface area contributed by atoms with Crippen LogP contribution < -0.4 is 11.6 Å². The SMILES string of the molecule is CCN1C(c2ccccc2)=C(C#N)C(N)N1N. The number of hydrogen-bond donors (Lipinski definition) is 2. The van der Waals surface area contributed by atoms with Gasteiger partial charge in [0.25, 0.3) is 0 Å². The second-order valence-corrected chi connectivity index (χ2v) is 3.78. The highest BCUT2D eigenvalue weighted by molar-refractivity contribution is 5.73. The minimum Gasteiger partial charge on any atom is -0.309 e. The van der Waals surface area contributed by atoms with Crippen molar-refractivity contribution >= 4 is 5.70 Å².